The van der Waals surface area contributed by atoms with Crippen LogP contribution in [0.4, 0.5) is 0 Å². The summed E-state index contributed by atoms with van der Waals surface area (Å²) >= 11 is 1.65. The first kappa shape index (κ1) is 20.0. The van der Waals surface area contributed by atoms with Gasteiger partial charge in [-0.05, 0) is 43.0 Å². The molecule has 0 bridgehead atoms. The van der Waals surface area contributed by atoms with Crippen molar-refractivity contribution in [3.8, 4) is 27.4 Å². The third-order valence-corrected chi connectivity index (χ3v) is 5.26. The Morgan fingerprint density at radius 2 is 1.64 bits per heavy atom. The van der Waals surface area contributed by atoms with Crippen LogP contribution in [0.15, 0.2) is 60.7 Å². The van der Waals surface area contributed by atoms with Crippen LogP contribution >= 0.6 is 11.3 Å². The zero-order valence-electron chi connectivity index (χ0n) is 16.2. The molecule has 0 aliphatic rings. The van der Waals surface area contributed by atoms with Gasteiger partial charge in [0.2, 0.25) is 0 Å². The minimum absolute atomic E-state index is 0.213. The summed E-state index contributed by atoms with van der Waals surface area (Å²) in [7, 11) is 0. The van der Waals surface area contributed by atoms with Gasteiger partial charge >= 0.3 is 5.97 Å². The molecule has 0 N–H and O–H groups in total. The summed E-state index contributed by atoms with van der Waals surface area (Å²) in [5.41, 5.74) is 3.26. The van der Waals surface area contributed by atoms with Gasteiger partial charge in [-0.3, -0.25) is 4.79 Å². The molecule has 0 saturated carbocycles. The van der Waals surface area contributed by atoms with Crippen molar-refractivity contribution in [2.24, 2.45) is 0 Å². The van der Waals surface area contributed by atoms with Crippen molar-refractivity contribution < 1.29 is 9.53 Å². The van der Waals surface area contributed by atoms with Gasteiger partial charge < -0.3 is 4.74 Å². The lowest BCUT2D eigenvalue weighted by Crippen LogP contribution is -2.06. The van der Waals surface area contributed by atoms with E-state index in [9.17, 15) is 4.79 Å². The molecular weight excluding hydrogens is 368 g/mol. The molecule has 0 spiro atoms. The summed E-state index contributed by atoms with van der Waals surface area (Å²) in [6.07, 6.45) is 7.03. The molecule has 28 heavy (non-hydrogen) atoms. The Morgan fingerprint density at radius 1 is 1.00 bits per heavy atom. The topological polar surface area (TPSA) is 52.1 Å². The fraction of sp³-hybridized carbons (Fsp3) is 0.261. The van der Waals surface area contributed by atoms with E-state index in [4.69, 9.17) is 4.74 Å². The Kier molecular flexibility index (Phi) is 7.09. The Hall–Kier alpha value is -2.79. The number of allylic oxidation sites excluding steroid dienone is 2. The van der Waals surface area contributed by atoms with Gasteiger partial charge in [0.05, 0.1) is 0 Å². The van der Waals surface area contributed by atoms with Crippen LogP contribution in [-0.2, 0) is 11.2 Å². The molecule has 1 heterocycles. The number of ether oxygens (including phenoxy) is 1. The molecule has 0 atom stereocenters. The highest BCUT2D eigenvalue weighted by atomic mass is 32.1. The maximum absolute atomic E-state index is 11.8. The molecule has 5 heteroatoms. The van der Waals surface area contributed by atoms with E-state index in [1.807, 2.05) is 43.3 Å². The minimum atomic E-state index is -0.213. The average molecular weight is 393 g/mol. The molecule has 0 aliphatic heterocycles. The van der Waals surface area contributed by atoms with E-state index in [0.717, 1.165) is 39.5 Å². The van der Waals surface area contributed by atoms with Gasteiger partial charge in [-0.1, -0.05) is 66.8 Å². The number of rotatable bonds is 8. The SMILES string of the molecule is C/C=C/CCC(=O)Oc1ccc(-c2ccc(-c3nnc(CCC)s3)cc2)cc1. The van der Waals surface area contributed by atoms with Gasteiger partial charge in [-0.25, -0.2) is 0 Å². The highest BCUT2D eigenvalue weighted by Crippen LogP contribution is 2.28. The van der Waals surface area contributed by atoms with E-state index in [1.165, 1.54) is 0 Å². The molecule has 3 aromatic rings. The van der Waals surface area contributed by atoms with Crippen molar-refractivity contribution in [2.45, 2.75) is 39.5 Å². The fourth-order valence-electron chi connectivity index (χ4n) is 2.76. The largest absolute Gasteiger partial charge is 0.427 e. The average Bonchev–Trinajstić information content (AvgIpc) is 3.18. The quantitative estimate of drug-likeness (QED) is 0.265. The first-order chi connectivity index (χ1) is 13.7. The molecule has 0 saturated heterocycles. The lowest BCUT2D eigenvalue weighted by molar-refractivity contribution is -0.134. The predicted molar refractivity (Wildman–Crippen MR) is 114 cm³/mol. The van der Waals surface area contributed by atoms with E-state index in [2.05, 4.69) is 41.4 Å². The molecule has 0 amide bonds. The number of esters is 1. The fourth-order valence-corrected chi connectivity index (χ4v) is 3.70. The number of benzene rings is 2. The van der Waals surface area contributed by atoms with E-state index >= 15 is 0 Å². The molecule has 0 radical (unpaired) electrons. The van der Waals surface area contributed by atoms with Crippen molar-refractivity contribution >= 4 is 17.3 Å². The van der Waals surface area contributed by atoms with Crippen molar-refractivity contribution in [3.05, 3.63) is 65.7 Å². The Bertz CT molecular complexity index is 928. The third kappa shape index (κ3) is 5.36. The Morgan fingerprint density at radius 3 is 2.29 bits per heavy atom. The zero-order valence-corrected chi connectivity index (χ0v) is 17.0. The normalized spacial score (nSPS) is 11.1. The number of nitrogens with zero attached hydrogens (tertiary/aromatic N) is 2. The first-order valence-electron chi connectivity index (χ1n) is 9.54. The lowest BCUT2D eigenvalue weighted by Gasteiger charge is -2.06. The number of aromatic nitrogens is 2. The van der Waals surface area contributed by atoms with Crippen molar-refractivity contribution in [1.29, 1.82) is 0 Å². The third-order valence-electron chi connectivity index (χ3n) is 4.23. The number of aryl methyl sites for hydroxylation is 1. The van der Waals surface area contributed by atoms with Gasteiger partial charge in [0.15, 0.2) is 0 Å². The van der Waals surface area contributed by atoms with E-state index in [0.29, 0.717) is 18.6 Å². The van der Waals surface area contributed by atoms with Gasteiger partial charge in [0.1, 0.15) is 15.8 Å². The van der Waals surface area contributed by atoms with Crippen LogP contribution in [0.1, 0.15) is 38.1 Å². The summed E-state index contributed by atoms with van der Waals surface area (Å²) < 4.78 is 5.36. The molecule has 0 aliphatic carbocycles. The Labute approximate surface area is 169 Å². The Balaban J connectivity index is 1.64. The van der Waals surface area contributed by atoms with Crippen LogP contribution in [-0.4, -0.2) is 16.2 Å². The van der Waals surface area contributed by atoms with E-state index in [1.54, 1.807) is 11.3 Å². The van der Waals surface area contributed by atoms with Crippen LogP contribution < -0.4 is 4.74 Å². The molecule has 3 rings (SSSR count). The second-order valence-electron chi connectivity index (χ2n) is 6.43. The summed E-state index contributed by atoms with van der Waals surface area (Å²) in [6.45, 7) is 4.08. The second-order valence-corrected chi connectivity index (χ2v) is 7.50. The second kappa shape index (κ2) is 9.95. The van der Waals surface area contributed by atoms with Gasteiger partial charge in [0, 0.05) is 18.4 Å². The molecular formula is C23H24N2O2S. The van der Waals surface area contributed by atoms with Crippen LogP contribution in [0.2, 0.25) is 0 Å². The van der Waals surface area contributed by atoms with Crippen LogP contribution in [0, 0.1) is 0 Å². The molecule has 0 unspecified atom stereocenters. The molecule has 144 valence electrons. The highest BCUT2D eigenvalue weighted by Gasteiger charge is 2.08. The smallest absolute Gasteiger partial charge is 0.311 e. The highest BCUT2D eigenvalue weighted by molar-refractivity contribution is 7.14. The van der Waals surface area contributed by atoms with E-state index in [-0.39, 0.29) is 5.97 Å². The number of carbonyl (C=O) groups excluding carboxylic acids is 1. The van der Waals surface area contributed by atoms with Gasteiger partial charge in [-0.15, -0.1) is 10.2 Å². The summed E-state index contributed by atoms with van der Waals surface area (Å²) in [5, 5.41) is 10.6. The van der Waals surface area contributed by atoms with Crippen LogP contribution in [0.5, 0.6) is 5.75 Å². The van der Waals surface area contributed by atoms with Crippen molar-refractivity contribution in [3.63, 3.8) is 0 Å². The molecule has 4 nitrogen and oxygen atoms in total. The van der Waals surface area contributed by atoms with Crippen LogP contribution in [0.3, 0.4) is 0 Å². The number of hydrogen-bond acceptors (Lipinski definition) is 5. The zero-order chi connectivity index (χ0) is 19.8. The maximum atomic E-state index is 11.8. The standard InChI is InChI=1S/C23H24N2O2S/c1-3-5-6-8-22(26)27-20-15-13-18(14-16-20)17-9-11-19(12-10-17)23-25-24-21(28-23)7-4-2/h3,5,9-16H,4,6-8H2,1-2H3/b5-3+. The maximum Gasteiger partial charge on any atom is 0.311 e. The van der Waals surface area contributed by atoms with Crippen LogP contribution in [0.25, 0.3) is 21.7 Å². The summed E-state index contributed by atoms with van der Waals surface area (Å²) in [6, 6.07) is 15.9. The summed E-state index contributed by atoms with van der Waals surface area (Å²) in [4.78, 5) is 11.8. The number of carbonyl (C=O) groups is 1. The number of hydrogen-bond donors (Lipinski definition) is 0. The van der Waals surface area contributed by atoms with Gasteiger partial charge in [-0.2, -0.15) is 0 Å². The van der Waals surface area contributed by atoms with E-state index < -0.39 is 0 Å². The summed E-state index contributed by atoms with van der Waals surface area (Å²) in [5.74, 6) is 0.359. The molecule has 0 fully saturated rings. The predicted octanol–water partition coefficient (Wildman–Crippen LogP) is 6.09. The molecule has 2 aromatic carbocycles. The van der Waals surface area contributed by atoms with Gasteiger partial charge in [0.25, 0.3) is 0 Å². The van der Waals surface area contributed by atoms with Crippen molar-refractivity contribution in [1.82, 2.24) is 10.2 Å². The minimum Gasteiger partial charge on any atom is -0.427 e. The lowest BCUT2D eigenvalue weighted by atomic mass is 10.0. The first-order valence-corrected chi connectivity index (χ1v) is 10.4. The van der Waals surface area contributed by atoms with Crippen molar-refractivity contribution in [2.75, 3.05) is 0 Å². The molecule has 1 aromatic heterocycles. The monoisotopic (exact) mass is 392 g/mol.